The Morgan fingerprint density at radius 3 is 2.69 bits per heavy atom. The topological polar surface area (TPSA) is 68.0 Å². The van der Waals surface area contributed by atoms with E-state index in [1.807, 2.05) is 13.8 Å². The van der Waals surface area contributed by atoms with Crippen LogP contribution in [-0.2, 0) is 0 Å². The fraction of sp³-hybridized carbons (Fsp3) is 0.455. The molecule has 3 N–H and O–H groups in total. The van der Waals surface area contributed by atoms with Crippen LogP contribution in [0.5, 0.6) is 0 Å². The zero-order valence-corrected chi connectivity index (χ0v) is 10.2. The third-order valence-electron chi connectivity index (χ3n) is 2.40. The minimum absolute atomic E-state index is 0.145. The summed E-state index contributed by atoms with van der Waals surface area (Å²) in [5.74, 6) is 0.0186. The maximum atomic E-state index is 11.8. The van der Waals surface area contributed by atoms with Crippen molar-refractivity contribution in [1.82, 2.24) is 10.3 Å². The average molecular weight is 242 g/mol. The molecule has 0 atom stereocenters. The largest absolute Gasteiger partial charge is 0.384 e. The molecule has 0 saturated carbocycles. The van der Waals surface area contributed by atoms with Crippen molar-refractivity contribution in [1.29, 1.82) is 0 Å². The number of rotatable bonds is 4. The van der Waals surface area contributed by atoms with Crippen molar-refractivity contribution in [2.45, 2.75) is 32.7 Å². The minimum Gasteiger partial charge on any atom is -0.384 e. The number of halogens is 1. The van der Waals surface area contributed by atoms with E-state index in [0.29, 0.717) is 10.8 Å². The van der Waals surface area contributed by atoms with E-state index in [4.69, 9.17) is 17.3 Å². The number of anilines is 1. The average Bonchev–Trinajstić information content (AvgIpc) is 2.28. The van der Waals surface area contributed by atoms with Crippen LogP contribution >= 0.6 is 11.6 Å². The Bertz CT molecular complexity index is 377. The Labute approximate surface area is 100 Å². The maximum Gasteiger partial charge on any atom is 0.271 e. The molecule has 1 aromatic rings. The van der Waals surface area contributed by atoms with Crippen LogP contribution in [0.2, 0.25) is 5.02 Å². The molecule has 16 heavy (non-hydrogen) atoms. The number of carbonyl (C=O) groups is 1. The smallest absolute Gasteiger partial charge is 0.271 e. The van der Waals surface area contributed by atoms with Crippen molar-refractivity contribution in [2.75, 3.05) is 5.73 Å². The summed E-state index contributed by atoms with van der Waals surface area (Å²) in [6, 6.07) is 3.29. The van der Waals surface area contributed by atoms with Crippen molar-refractivity contribution < 1.29 is 4.79 Å². The van der Waals surface area contributed by atoms with Gasteiger partial charge in [-0.2, -0.15) is 0 Å². The quantitative estimate of drug-likeness (QED) is 0.850. The molecule has 0 bridgehead atoms. The second-order valence-electron chi connectivity index (χ2n) is 3.55. The normalized spacial score (nSPS) is 10.5. The molecular formula is C11H16ClN3O. The summed E-state index contributed by atoms with van der Waals surface area (Å²) in [6.07, 6.45) is 1.75. The third kappa shape index (κ3) is 3.10. The van der Waals surface area contributed by atoms with Gasteiger partial charge in [-0.25, -0.2) is 4.98 Å². The van der Waals surface area contributed by atoms with Crippen LogP contribution in [0.4, 0.5) is 5.82 Å². The summed E-state index contributed by atoms with van der Waals surface area (Å²) in [7, 11) is 0. The van der Waals surface area contributed by atoms with Crippen molar-refractivity contribution in [3.8, 4) is 0 Å². The van der Waals surface area contributed by atoms with Gasteiger partial charge in [-0.05, 0) is 25.0 Å². The fourth-order valence-electron chi connectivity index (χ4n) is 1.36. The predicted molar refractivity (Wildman–Crippen MR) is 65.5 cm³/mol. The lowest BCUT2D eigenvalue weighted by molar-refractivity contribution is 0.0930. The number of nitrogens with zero attached hydrogens (tertiary/aromatic N) is 1. The van der Waals surface area contributed by atoms with E-state index in [1.54, 1.807) is 12.1 Å². The number of hydrogen-bond donors (Lipinski definition) is 2. The van der Waals surface area contributed by atoms with Crippen LogP contribution in [0.3, 0.4) is 0 Å². The Morgan fingerprint density at radius 2 is 2.12 bits per heavy atom. The molecule has 4 nitrogen and oxygen atoms in total. The number of hydrogen-bond acceptors (Lipinski definition) is 3. The lowest BCUT2D eigenvalue weighted by atomic mass is 10.1. The second-order valence-corrected chi connectivity index (χ2v) is 3.96. The molecule has 0 aliphatic heterocycles. The zero-order valence-electron chi connectivity index (χ0n) is 9.46. The number of carbonyl (C=O) groups excluding carboxylic acids is 1. The minimum atomic E-state index is -0.272. The monoisotopic (exact) mass is 241 g/mol. The van der Waals surface area contributed by atoms with E-state index in [-0.39, 0.29) is 17.6 Å². The highest BCUT2D eigenvalue weighted by Crippen LogP contribution is 2.15. The van der Waals surface area contributed by atoms with Crippen molar-refractivity contribution in [3.63, 3.8) is 0 Å². The van der Waals surface area contributed by atoms with E-state index >= 15 is 0 Å². The summed E-state index contributed by atoms with van der Waals surface area (Å²) >= 11 is 5.88. The lowest BCUT2D eigenvalue weighted by Gasteiger charge is -2.14. The summed E-state index contributed by atoms with van der Waals surface area (Å²) in [5, 5.41) is 3.18. The summed E-state index contributed by atoms with van der Waals surface area (Å²) in [5.41, 5.74) is 5.70. The number of amides is 1. The molecule has 0 radical (unpaired) electrons. The van der Waals surface area contributed by atoms with Gasteiger partial charge in [0.1, 0.15) is 11.5 Å². The van der Waals surface area contributed by atoms with Crippen LogP contribution in [0.15, 0.2) is 12.1 Å². The Balaban J connectivity index is 2.83. The number of nitrogen functional groups attached to an aromatic ring is 1. The van der Waals surface area contributed by atoms with Gasteiger partial charge in [0.25, 0.3) is 5.91 Å². The Morgan fingerprint density at radius 1 is 1.50 bits per heavy atom. The van der Waals surface area contributed by atoms with E-state index in [0.717, 1.165) is 12.8 Å². The van der Waals surface area contributed by atoms with Crippen LogP contribution < -0.4 is 11.1 Å². The first-order valence-corrected chi connectivity index (χ1v) is 5.69. The number of nitrogens with one attached hydrogen (secondary N) is 1. The number of aromatic nitrogens is 1. The van der Waals surface area contributed by atoms with Crippen LogP contribution in [0.1, 0.15) is 37.2 Å². The first-order chi connectivity index (χ1) is 7.58. The van der Waals surface area contributed by atoms with Gasteiger partial charge >= 0.3 is 0 Å². The molecule has 0 aromatic carbocycles. The Kier molecular flexibility index (Phi) is 4.55. The van der Waals surface area contributed by atoms with Gasteiger partial charge < -0.3 is 11.1 Å². The van der Waals surface area contributed by atoms with Gasteiger partial charge in [0.2, 0.25) is 0 Å². The standard InChI is InChI=1S/C11H16ClN3O/c1-3-7(4-2)14-11(16)10-8(12)5-6-9(13)15-10/h5-7H,3-4H2,1-2H3,(H2,13,15)(H,14,16). The van der Waals surface area contributed by atoms with Crippen LogP contribution in [0, 0.1) is 0 Å². The molecule has 1 amide bonds. The van der Waals surface area contributed by atoms with Crippen molar-refractivity contribution in [2.24, 2.45) is 0 Å². The molecule has 1 aromatic heterocycles. The van der Waals surface area contributed by atoms with E-state index in [2.05, 4.69) is 10.3 Å². The van der Waals surface area contributed by atoms with Gasteiger partial charge in [0, 0.05) is 6.04 Å². The lowest BCUT2D eigenvalue weighted by Crippen LogP contribution is -2.34. The van der Waals surface area contributed by atoms with Crippen molar-refractivity contribution in [3.05, 3.63) is 22.8 Å². The fourth-order valence-corrected chi connectivity index (χ4v) is 1.55. The highest BCUT2D eigenvalue weighted by Gasteiger charge is 2.15. The van der Waals surface area contributed by atoms with Gasteiger partial charge in [-0.15, -0.1) is 0 Å². The molecule has 5 heteroatoms. The number of nitrogens with two attached hydrogens (primary N) is 1. The predicted octanol–water partition coefficient (Wildman–Crippen LogP) is 2.24. The maximum absolute atomic E-state index is 11.8. The van der Waals surface area contributed by atoms with Gasteiger partial charge in [-0.1, -0.05) is 25.4 Å². The Hall–Kier alpha value is -1.29. The molecule has 0 fully saturated rings. The first kappa shape index (κ1) is 12.8. The van der Waals surface area contributed by atoms with Gasteiger partial charge in [0.05, 0.1) is 5.02 Å². The van der Waals surface area contributed by atoms with Crippen molar-refractivity contribution >= 4 is 23.3 Å². The molecule has 0 saturated heterocycles. The molecule has 0 aliphatic rings. The van der Waals surface area contributed by atoms with E-state index in [9.17, 15) is 4.79 Å². The molecule has 0 spiro atoms. The van der Waals surface area contributed by atoms with E-state index in [1.165, 1.54) is 0 Å². The summed E-state index contributed by atoms with van der Waals surface area (Å²) < 4.78 is 0. The molecular weight excluding hydrogens is 226 g/mol. The van der Waals surface area contributed by atoms with Crippen LogP contribution in [0.25, 0.3) is 0 Å². The van der Waals surface area contributed by atoms with E-state index < -0.39 is 0 Å². The molecule has 1 heterocycles. The summed E-state index contributed by atoms with van der Waals surface area (Å²) in [4.78, 5) is 15.8. The SMILES string of the molecule is CCC(CC)NC(=O)c1nc(N)ccc1Cl. The molecule has 1 rings (SSSR count). The highest BCUT2D eigenvalue weighted by atomic mass is 35.5. The molecule has 0 unspecified atom stereocenters. The van der Waals surface area contributed by atoms with Crippen LogP contribution in [-0.4, -0.2) is 16.9 Å². The van der Waals surface area contributed by atoms with Gasteiger partial charge in [-0.3, -0.25) is 4.79 Å². The highest BCUT2D eigenvalue weighted by molar-refractivity contribution is 6.33. The zero-order chi connectivity index (χ0) is 12.1. The molecule has 88 valence electrons. The summed E-state index contributed by atoms with van der Waals surface area (Å²) in [6.45, 7) is 4.03. The number of pyridine rings is 1. The first-order valence-electron chi connectivity index (χ1n) is 5.31. The van der Waals surface area contributed by atoms with Gasteiger partial charge in [0.15, 0.2) is 0 Å². The third-order valence-corrected chi connectivity index (χ3v) is 2.71. The molecule has 0 aliphatic carbocycles. The second kappa shape index (κ2) is 5.70.